The van der Waals surface area contributed by atoms with Gasteiger partial charge in [-0.05, 0) is 18.2 Å². The molecule has 5 heteroatoms. The number of rotatable bonds is 4. The number of amides is 1. The molecule has 1 rings (SSSR count). The lowest BCUT2D eigenvalue weighted by Gasteiger charge is -2.03. The van der Waals surface area contributed by atoms with E-state index in [1.165, 1.54) is 6.07 Å². The fourth-order valence-electron chi connectivity index (χ4n) is 0.984. The highest BCUT2D eigenvalue weighted by Gasteiger charge is 2.06. The van der Waals surface area contributed by atoms with Crippen LogP contribution in [0.5, 0.6) is 0 Å². The Kier molecular flexibility index (Phi) is 4.59. The van der Waals surface area contributed by atoms with Crippen molar-refractivity contribution in [2.45, 2.75) is 6.42 Å². The van der Waals surface area contributed by atoms with Gasteiger partial charge in [-0.25, -0.2) is 0 Å². The van der Waals surface area contributed by atoms with Crippen LogP contribution in [-0.4, -0.2) is 18.7 Å². The van der Waals surface area contributed by atoms with Gasteiger partial charge in [0.1, 0.15) is 6.29 Å². The lowest BCUT2D eigenvalue weighted by Crippen LogP contribution is -2.24. The van der Waals surface area contributed by atoms with E-state index in [2.05, 4.69) is 5.32 Å². The molecule has 0 heterocycles. The molecule has 80 valence electrons. The van der Waals surface area contributed by atoms with Crippen LogP contribution in [0.2, 0.25) is 10.0 Å². The van der Waals surface area contributed by atoms with Crippen LogP contribution in [0.1, 0.15) is 16.8 Å². The first-order chi connectivity index (χ1) is 7.15. The number of halogens is 2. The molecule has 0 radical (unpaired) electrons. The van der Waals surface area contributed by atoms with Crippen LogP contribution in [0.15, 0.2) is 18.2 Å². The summed E-state index contributed by atoms with van der Waals surface area (Å²) in [4.78, 5) is 21.5. The third-order valence-electron chi connectivity index (χ3n) is 1.73. The van der Waals surface area contributed by atoms with E-state index < -0.39 is 0 Å². The SMILES string of the molecule is O=CCCNC(=O)c1ccc(Cl)c(Cl)c1. The Labute approximate surface area is 97.4 Å². The summed E-state index contributed by atoms with van der Waals surface area (Å²) < 4.78 is 0. The lowest BCUT2D eigenvalue weighted by atomic mass is 10.2. The fourth-order valence-corrected chi connectivity index (χ4v) is 1.28. The summed E-state index contributed by atoms with van der Waals surface area (Å²) in [5, 5.41) is 3.31. The van der Waals surface area contributed by atoms with Crippen molar-refractivity contribution in [1.82, 2.24) is 5.32 Å². The van der Waals surface area contributed by atoms with Crippen LogP contribution in [0, 0.1) is 0 Å². The highest BCUT2D eigenvalue weighted by atomic mass is 35.5. The molecular weight excluding hydrogens is 237 g/mol. The summed E-state index contributed by atoms with van der Waals surface area (Å²) in [7, 11) is 0. The molecular formula is C10H9Cl2NO2. The summed E-state index contributed by atoms with van der Waals surface area (Å²) in [6.07, 6.45) is 1.04. The van der Waals surface area contributed by atoms with E-state index in [4.69, 9.17) is 23.2 Å². The number of carbonyl (C=O) groups excluding carboxylic acids is 2. The molecule has 0 saturated carbocycles. The van der Waals surface area contributed by atoms with Crippen molar-refractivity contribution in [2.75, 3.05) is 6.54 Å². The predicted molar refractivity (Wildman–Crippen MR) is 59.5 cm³/mol. The average Bonchev–Trinajstić information content (AvgIpc) is 2.22. The zero-order chi connectivity index (χ0) is 11.3. The first kappa shape index (κ1) is 12.0. The minimum absolute atomic E-state index is 0.268. The lowest BCUT2D eigenvalue weighted by molar-refractivity contribution is -0.107. The van der Waals surface area contributed by atoms with E-state index in [1.54, 1.807) is 12.1 Å². The van der Waals surface area contributed by atoms with Crippen LogP contribution >= 0.6 is 23.2 Å². The summed E-state index contributed by atoms with van der Waals surface area (Å²) >= 11 is 11.5. The van der Waals surface area contributed by atoms with Gasteiger partial charge in [0.05, 0.1) is 10.0 Å². The van der Waals surface area contributed by atoms with Crippen molar-refractivity contribution in [1.29, 1.82) is 0 Å². The van der Waals surface area contributed by atoms with Crippen molar-refractivity contribution in [3.05, 3.63) is 33.8 Å². The van der Waals surface area contributed by atoms with Gasteiger partial charge in [0.15, 0.2) is 0 Å². The number of hydrogen-bond acceptors (Lipinski definition) is 2. The summed E-state index contributed by atoms with van der Waals surface area (Å²) in [6.45, 7) is 0.322. The maximum Gasteiger partial charge on any atom is 0.251 e. The molecule has 0 aromatic heterocycles. The third-order valence-corrected chi connectivity index (χ3v) is 2.47. The Morgan fingerprint density at radius 3 is 2.67 bits per heavy atom. The van der Waals surface area contributed by atoms with E-state index >= 15 is 0 Å². The summed E-state index contributed by atoms with van der Waals surface area (Å²) in [5.41, 5.74) is 0.426. The van der Waals surface area contributed by atoms with Crippen molar-refractivity contribution in [2.24, 2.45) is 0 Å². The molecule has 15 heavy (non-hydrogen) atoms. The van der Waals surface area contributed by atoms with E-state index in [0.29, 0.717) is 28.6 Å². The molecule has 0 bridgehead atoms. The second-order valence-electron chi connectivity index (χ2n) is 2.84. The van der Waals surface area contributed by atoms with Gasteiger partial charge in [-0.2, -0.15) is 0 Å². The van der Waals surface area contributed by atoms with E-state index in [9.17, 15) is 9.59 Å². The first-order valence-corrected chi connectivity index (χ1v) is 5.07. The number of carbonyl (C=O) groups is 2. The van der Waals surface area contributed by atoms with Crippen LogP contribution in [0.4, 0.5) is 0 Å². The Hall–Kier alpha value is -1.06. The molecule has 1 amide bonds. The molecule has 1 N–H and O–H groups in total. The Morgan fingerprint density at radius 2 is 2.07 bits per heavy atom. The predicted octanol–water partition coefficient (Wildman–Crippen LogP) is 2.31. The highest BCUT2D eigenvalue weighted by Crippen LogP contribution is 2.22. The highest BCUT2D eigenvalue weighted by molar-refractivity contribution is 6.42. The maximum absolute atomic E-state index is 11.5. The van der Waals surface area contributed by atoms with Crippen molar-refractivity contribution in [3.63, 3.8) is 0 Å². The zero-order valence-corrected chi connectivity index (χ0v) is 9.31. The maximum atomic E-state index is 11.5. The van der Waals surface area contributed by atoms with Gasteiger partial charge >= 0.3 is 0 Å². The topological polar surface area (TPSA) is 46.2 Å². The zero-order valence-electron chi connectivity index (χ0n) is 7.80. The molecule has 0 spiro atoms. The fraction of sp³-hybridized carbons (Fsp3) is 0.200. The molecule has 0 fully saturated rings. The minimum atomic E-state index is -0.268. The van der Waals surface area contributed by atoms with Gasteiger partial charge in [0.2, 0.25) is 0 Å². The summed E-state index contributed by atoms with van der Waals surface area (Å²) in [6, 6.07) is 4.61. The Bertz CT molecular complexity index is 380. The standard InChI is InChI=1S/C10H9Cl2NO2/c11-8-3-2-7(6-9(8)12)10(15)13-4-1-5-14/h2-3,5-6H,1,4H2,(H,13,15). The third kappa shape index (κ3) is 3.53. The molecule has 1 aromatic carbocycles. The van der Waals surface area contributed by atoms with Crippen LogP contribution in [0.25, 0.3) is 0 Å². The first-order valence-electron chi connectivity index (χ1n) is 4.32. The number of benzene rings is 1. The number of nitrogens with one attached hydrogen (secondary N) is 1. The van der Waals surface area contributed by atoms with Gasteiger partial charge in [-0.15, -0.1) is 0 Å². The second-order valence-corrected chi connectivity index (χ2v) is 3.65. The molecule has 1 aromatic rings. The van der Waals surface area contributed by atoms with E-state index in [0.717, 1.165) is 6.29 Å². The Morgan fingerprint density at radius 1 is 1.33 bits per heavy atom. The normalized spacial score (nSPS) is 9.73. The van der Waals surface area contributed by atoms with Crippen LogP contribution < -0.4 is 5.32 Å². The molecule has 0 unspecified atom stereocenters. The monoisotopic (exact) mass is 245 g/mol. The van der Waals surface area contributed by atoms with Gasteiger partial charge in [-0.3, -0.25) is 4.79 Å². The minimum Gasteiger partial charge on any atom is -0.352 e. The average molecular weight is 246 g/mol. The second kappa shape index (κ2) is 5.73. The van der Waals surface area contributed by atoms with E-state index in [-0.39, 0.29) is 5.91 Å². The van der Waals surface area contributed by atoms with Gasteiger partial charge in [0.25, 0.3) is 5.91 Å². The van der Waals surface area contributed by atoms with Gasteiger partial charge in [-0.1, -0.05) is 23.2 Å². The molecule has 0 atom stereocenters. The summed E-state index contributed by atoms with van der Waals surface area (Å²) in [5.74, 6) is -0.268. The van der Waals surface area contributed by atoms with Crippen LogP contribution in [0.3, 0.4) is 0 Å². The van der Waals surface area contributed by atoms with E-state index in [1.807, 2.05) is 0 Å². The van der Waals surface area contributed by atoms with Gasteiger partial charge < -0.3 is 10.1 Å². The largest absolute Gasteiger partial charge is 0.352 e. The quantitative estimate of drug-likeness (QED) is 0.654. The smallest absolute Gasteiger partial charge is 0.251 e. The number of hydrogen-bond donors (Lipinski definition) is 1. The molecule has 0 aliphatic heterocycles. The number of aldehydes is 1. The van der Waals surface area contributed by atoms with Crippen molar-refractivity contribution >= 4 is 35.4 Å². The van der Waals surface area contributed by atoms with Crippen LogP contribution in [-0.2, 0) is 4.79 Å². The molecule has 0 aliphatic carbocycles. The van der Waals surface area contributed by atoms with Crippen molar-refractivity contribution in [3.8, 4) is 0 Å². The molecule has 0 saturated heterocycles. The van der Waals surface area contributed by atoms with Crippen molar-refractivity contribution < 1.29 is 9.59 Å². The molecule has 0 aliphatic rings. The molecule has 3 nitrogen and oxygen atoms in total. The van der Waals surface area contributed by atoms with Gasteiger partial charge in [0, 0.05) is 18.5 Å². The Balaban J connectivity index is 2.65.